The number of ether oxygens (including phenoxy) is 2. The summed E-state index contributed by atoms with van der Waals surface area (Å²) in [5.41, 5.74) is -2.28. The van der Waals surface area contributed by atoms with E-state index in [0.717, 1.165) is 18.9 Å². The van der Waals surface area contributed by atoms with Crippen molar-refractivity contribution in [3.63, 3.8) is 0 Å². The van der Waals surface area contributed by atoms with E-state index in [1.165, 1.54) is 6.07 Å². The molecule has 1 unspecified atom stereocenters. The Bertz CT molecular complexity index is 926. The quantitative estimate of drug-likeness (QED) is 0.445. The molecule has 1 aromatic heterocycles. The standard InChI is InChI=1S/C22H30AsF3N3O5/c1-20(2,3)33-18(31)28-17-14(16(30)22(24,25)26)9-10-15(27-17)23-13-8-7-11-29(12-13)19(32)34-21(4,5)6/h9-10,13H,7-8,11-12H2,1-6H3,(H,27,28,31). The van der Waals surface area contributed by atoms with E-state index in [1.807, 2.05) is 0 Å². The minimum atomic E-state index is -5.13. The number of nitrogens with one attached hydrogen (secondary N) is 1. The number of hydrogen-bond acceptors (Lipinski definition) is 6. The SMILES string of the molecule is CC(C)(C)OC(=O)Nc1nc([As]C2CCCN(C(=O)OC(C)(C)C)C2)ccc1C(=O)C(F)(F)F. The third-order valence-electron chi connectivity index (χ3n) is 4.37. The molecule has 0 bridgehead atoms. The molecule has 1 aliphatic heterocycles. The van der Waals surface area contributed by atoms with Crippen molar-refractivity contribution in [3.8, 4) is 0 Å². The summed E-state index contributed by atoms with van der Waals surface area (Å²) in [4.78, 5) is 42.3. The van der Waals surface area contributed by atoms with Crippen molar-refractivity contribution in [1.29, 1.82) is 0 Å². The molecular weight excluding hydrogens is 518 g/mol. The molecule has 2 amide bonds. The van der Waals surface area contributed by atoms with Gasteiger partial charge in [-0.05, 0) is 0 Å². The molecule has 2 heterocycles. The van der Waals surface area contributed by atoms with Gasteiger partial charge in [0, 0.05) is 0 Å². The number of likely N-dealkylation sites (tertiary alicyclic amines) is 1. The van der Waals surface area contributed by atoms with Crippen LogP contribution in [-0.4, -0.2) is 74.1 Å². The zero-order chi connectivity index (χ0) is 25.9. The number of aromatic nitrogens is 1. The van der Waals surface area contributed by atoms with Gasteiger partial charge in [-0.3, -0.25) is 0 Å². The van der Waals surface area contributed by atoms with E-state index < -0.39 is 62.5 Å². The third kappa shape index (κ3) is 8.81. The van der Waals surface area contributed by atoms with Gasteiger partial charge in [0.2, 0.25) is 0 Å². The van der Waals surface area contributed by atoms with Gasteiger partial charge >= 0.3 is 204 Å². The summed E-state index contributed by atoms with van der Waals surface area (Å²) in [5.74, 6) is -2.60. The maximum atomic E-state index is 13.1. The summed E-state index contributed by atoms with van der Waals surface area (Å²) >= 11 is -0.682. The number of anilines is 1. The Kier molecular flexibility index (Phi) is 8.66. The first kappa shape index (κ1) is 27.9. The Balaban J connectivity index is 2.22. The molecule has 2 rings (SSSR count). The second-order valence-electron chi connectivity index (χ2n) is 9.87. The zero-order valence-electron chi connectivity index (χ0n) is 20.1. The van der Waals surface area contributed by atoms with E-state index >= 15 is 0 Å². The fourth-order valence-corrected chi connectivity index (χ4v) is 5.78. The number of ketones is 1. The van der Waals surface area contributed by atoms with Crippen LogP contribution in [0, 0.1) is 0 Å². The first-order valence-electron chi connectivity index (χ1n) is 10.8. The van der Waals surface area contributed by atoms with E-state index in [1.54, 1.807) is 46.4 Å². The molecule has 189 valence electrons. The molecule has 1 atom stereocenters. The van der Waals surface area contributed by atoms with Crippen LogP contribution in [0.15, 0.2) is 12.1 Å². The number of pyridine rings is 1. The van der Waals surface area contributed by atoms with Crippen LogP contribution in [0.3, 0.4) is 0 Å². The number of hydrogen-bond donors (Lipinski definition) is 1. The summed E-state index contributed by atoms with van der Waals surface area (Å²) in [7, 11) is 0. The van der Waals surface area contributed by atoms with E-state index in [0.29, 0.717) is 17.6 Å². The van der Waals surface area contributed by atoms with E-state index in [-0.39, 0.29) is 4.71 Å². The molecule has 0 saturated carbocycles. The van der Waals surface area contributed by atoms with E-state index in [2.05, 4.69) is 10.3 Å². The number of halogens is 3. The van der Waals surface area contributed by atoms with Crippen LogP contribution in [0.2, 0.25) is 4.71 Å². The van der Waals surface area contributed by atoms with Crippen LogP contribution in [0.25, 0.3) is 0 Å². The summed E-state index contributed by atoms with van der Waals surface area (Å²) in [6.07, 6.45) is -4.98. The van der Waals surface area contributed by atoms with E-state index in [9.17, 15) is 27.6 Å². The predicted octanol–water partition coefficient (Wildman–Crippen LogP) is 4.32. The van der Waals surface area contributed by atoms with Gasteiger partial charge < -0.3 is 0 Å². The molecule has 1 aromatic rings. The molecule has 8 nitrogen and oxygen atoms in total. The Morgan fingerprint density at radius 1 is 1.06 bits per heavy atom. The molecule has 12 heteroatoms. The number of amides is 2. The number of carbonyl (C=O) groups is 3. The van der Waals surface area contributed by atoms with Gasteiger partial charge in [0.15, 0.2) is 0 Å². The van der Waals surface area contributed by atoms with Crippen LogP contribution in [0.1, 0.15) is 64.7 Å². The number of carbonyl (C=O) groups excluding carboxylic acids is 3. The Hall–Kier alpha value is -2.29. The predicted molar refractivity (Wildman–Crippen MR) is 121 cm³/mol. The molecule has 1 aliphatic rings. The van der Waals surface area contributed by atoms with Gasteiger partial charge in [-0.25, -0.2) is 0 Å². The minimum absolute atomic E-state index is 0.0727. The Morgan fingerprint density at radius 3 is 2.24 bits per heavy atom. The van der Waals surface area contributed by atoms with Gasteiger partial charge in [-0.2, -0.15) is 0 Å². The number of rotatable bonds is 4. The van der Waals surface area contributed by atoms with Crippen molar-refractivity contribution in [1.82, 2.24) is 9.88 Å². The van der Waals surface area contributed by atoms with Crippen molar-refractivity contribution in [2.45, 2.75) is 76.5 Å². The van der Waals surface area contributed by atoms with E-state index in [4.69, 9.17) is 9.47 Å². The number of alkyl halides is 3. The van der Waals surface area contributed by atoms with Crippen LogP contribution in [-0.2, 0) is 9.47 Å². The average molecular weight is 548 g/mol. The fourth-order valence-electron chi connectivity index (χ4n) is 3.09. The third-order valence-corrected chi connectivity index (χ3v) is 7.09. The normalized spacial score (nSPS) is 17.6. The Morgan fingerprint density at radius 2 is 1.68 bits per heavy atom. The van der Waals surface area contributed by atoms with Gasteiger partial charge in [0.05, 0.1) is 0 Å². The summed E-state index contributed by atoms with van der Waals surface area (Å²) in [5, 5.41) is 2.19. The molecule has 1 N–H and O–H groups in total. The van der Waals surface area contributed by atoms with Gasteiger partial charge in [0.25, 0.3) is 0 Å². The van der Waals surface area contributed by atoms with Crippen LogP contribution in [0.4, 0.5) is 28.6 Å². The molecule has 0 aromatic carbocycles. The van der Waals surface area contributed by atoms with Crippen LogP contribution in [0.5, 0.6) is 0 Å². The molecule has 0 aliphatic carbocycles. The molecule has 1 fully saturated rings. The van der Waals surface area contributed by atoms with Crippen molar-refractivity contribution >= 4 is 44.0 Å². The topological polar surface area (TPSA) is 97.8 Å². The first-order chi connectivity index (χ1) is 15.4. The van der Waals surface area contributed by atoms with Gasteiger partial charge in [-0.15, -0.1) is 0 Å². The van der Waals surface area contributed by atoms with Gasteiger partial charge in [0.1, 0.15) is 0 Å². The second-order valence-corrected chi connectivity index (χ2v) is 12.9. The monoisotopic (exact) mass is 548 g/mol. The van der Waals surface area contributed by atoms with Crippen molar-refractivity contribution in [3.05, 3.63) is 17.7 Å². The average Bonchev–Trinajstić information content (AvgIpc) is 2.64. The molecule has 0 spiro atoms. The molecular formula is C22H30AsF3N3O5. The second kappa shape index (κ2) is 10.5. The molecule has 1 radical (unpaired) electrons. The first-order valence-corrected chi connectivity index (χ1v) is 12.8. The van der Waals surface area contributed by atoms with Crippen LogP contribution < -0.4 is 9.80 Å². The number of piperidine rings is 1. The van der Waals surface area contributed by atoms with Gasteiger partial charge in [-0.1, -0.05) is 0 Å². The fraction of sp³-hybridized carbons (Fsp3) is 0.636. The molecule has 34 heavy (non-hydrogen) atoms. The van der Waals surface area contributed by atoms with Crippen molar-refractivity contribution < 1.29 is 37.0 Å². The number of nitrogens with zero attached hydrogens (tertiary/aromatic N) is 2. The number of Topliss-reactive ketones (excluding diaryl/α,β-unsaturated/α-hetero) is 1. The molecule has 1 saturated heterocycles. The maximum absolute atomic E-state index is 13.1. The zero-order valence-corrected chi connectivity index (χ0v) is 22.0. The summed E-state index contributed by atoms with van der Waals surface area (Å²) in [6, 6.07) is 2.39. The van der Waals surface area contributed by atoms with Crippen molar-refractivity contribution in [2.75, 3.05) is 18.4 Å². The Labute approximate surface area is 203 Å². The van der Waals surface area contributed by atoms with Crippen LogP contribution >= 0.6 is 0 Å². The summed E-state index contributed by atoms with van der Waals surface area (Å²) in [6.45, 7) is 11.1. The summed E-state index contributed by atoms with van der Waals surface area (Å²) < 4.78 is 50.3. The van der Waals surface area contributed by atoms with Crippen molar-refractivity contribution in [2.24, 2.45) is 0 Å².